The number of nitrogens with two attached hydrogens (primary N) is 1. The number of carbonyl (C=O) groups is 1. The van der Waals surface area contributed by atoms with E-state index in [1.54, 1.807) is 0 Å². The zero-order valence-electron chi connectivity index (χ0n) is 19.0. The van der Waals surface area contributed by atoms with E-state index >= 15 is 0 Å². The fourth-order valence-electron chi connectivity index (χ4n) is 4.49. The first-order chi connectivity index (χ1) is 16.0. The third-order valence-corrected chi connectivity index (χ3v) is 6.29. The van der Waals surface area contributed by atoms with Crippen LogP contribution in [0, 0.1) is 13.8 Å². The number of fused-ring (bicyclic) bond motifs is 1. The molecule has 0 spiro atoms. The number of aryl methyl sites for hydroxylation is 2. The number of carbonyl (C=O) groups excluding carboxylic acids is 1. The summed E-state index contributed by atoms with van der Waals surface area (Å²) < 4.78 is 5.48. The van der Waals surface area contributed by atoms with Crippen LogP contribution < -0.4 is 10.6 Å². The van der Waals surface area contributed by atoms with Crippen molar-refractivity contribution >= 4 is 28.2 Å². The molecule has 166 valence electrons. The minimum Gasteiger partial charge on any atom is -0.382 e. The van der Waals surface area contributed by atoms with Gasteiger partial charge in [-0.2, -0.15) is 0 Å². The van der Waals surface area contributed by atoms with Crippen molar-refractivity contribution in [1.29, 1.82) is 0 Å². The largest absolute Gasteiger partial charge is 0.382 e. The molecule has 1 fully saturated rings. The summed E-state index contributed by atoms with van der Waals surface area (Å²) in [5.41, 5.74) is 13.6. The van der Waals surface area contributed by atoms with Crippen LogP contribution in [0.2, 0.25) is 0 Å². The molecule has 33 heavy (non-hydrogen) atoms. The van der Waals surface area contributed by atoms with Gasteiger partial charge in [0.05, 0.1) is 24.4 Å². The van der Waals surface area contributed by atoms with Crippen molar-refractivity contribution in [3.8, 4) is 11.1 Å². The predicted molar refractivity (Wildman–Crippen MR) is 134 cm³/mol. The highest BCUT2D eigenvalue weighted by atomic mass is 16.5. The molecule has 2 heterocycles. The lowest BCUT2D eigenvalue weighted by Gasteiger charge is -2.29. The standard InChI is InChI=1S/C28H27N3O2/c1-18-6-8-20(9-7-18)27(32)23-5-3-4-19(2)26(23)21-10-11-24-22(16-21)17-25(28(29)30-24)31-12-14-33-15-13-31/h3-11,16-17H,12-15H2,1-2H3,(H2,29,30). The minimum absolute atomic E-state index is 0.0261. The summed E-state index contributed by atoms with van der Waals surface area (Å²) in [5.74, 6) is 0.557. The van der Waals surface area contributed by atoms with Crippen LogP contribution in [0.25, 0.3) is 22.0 Å². The molecule has 0 bridgehead atoms. The van der Waals surface area contributed by atoms with Crippen LogP contribution in [0.3, 0.4) is 0 Å². The lowest BCUT2D eigenvalue weighted by molar-refractivity contribution is 0.103. The summed E-state index contributed by atoms with van der Waals surface area (Å²) in [7, 11) is 0. The number of hydrogen-bond donors (Lipinski definition) is 1. The Morgan fingerprint density at radius 1 is 0.970 bits per heavy atom. The number of nitrogens with zero attached hydrogens (tertiary/aromatic N) is 2. The van der Waals surface area contributed by atoms with Crippen LogP contribution in [0.5, 0.6) is 0 Å². The molecule has 3 aromatic carbocycles. The quantitative estimate of drug-likeness (QED) is 0.446. The third kappa shape index (κ3) is 4.08. The second-order valence-corrected chi connectivity index (χ2v) is 8.59. The van der Waals surface area contributed by atoms with Crippen LogP contribution in [0.1, 0.15) is 27.0 Å². The molecule has 5 heteroatoms. The molecule has 0 saturated carbocycles. The molecular formula is C28H27N3O2. The lowest BCUT2D eigenvalue weighted by atomic mass is 9.90. The number of pyridine rings is 1. The molecule has 0 radical (unpaired) electrons. The molecule has 1 aliphatic heterocycles. The summed E-state index contributed by atoms with van der Waals surface area (Å²) in [6, 6.07) is 21.9. The third-order valence-electron chi connectivity index (χ3n) is 6.29. The number of rotatable bonds is 4. The number of benzene rings is 3. The summed E-state index contributed by atoms with van der Waals surface area (Å²) in [6.07, 6.45) is 0. The Morgan fingerprint density at radius 2 is 1.73 bits per heavy atom. The second kappa shape index (κ2) is 8.68. The van der Waals surface area contributed by atoms with E-state index in [9.17, 15) is 4.79 Å². The van der Waals surface area contributed by atoms with Gasteiger partial charge in [0.25, 0.3) is 0 Å². The van der Waals surface area contributed by atoms with Crippen molar-refractivity contribution in [2.45, 2.75) is 13.8 Å². The average Bonchev–Trinajstić information content (AvgIpc) is 2.84. The van der Waals surface area contributed by atoms with Crippen molar-refractivity contribution in [1.82, 2.24) is 4.98 Å². The molecule has 0 aliphatic carbocycles. The van der Waals surface area contributed by atoms with Gasteiger partial charge < -0.3 is 15.4 Å². The van der Waals surface area contributed by atoms with Crippen LogP contribution in [0.4, 0.5) is 11.5 Å². The first-order valence-corrected chi connectivity index (χ1v) is 11.3. The van der Waals surface area contributed by atoms with Gasteiger partial charge in [0.1, 0.15) is 5.82 Å². The van der Waals surface area contributed by atoms with E-state index in [4.69, 9.17) is 10.5 Å². The smallest absolute Gasteiger partial charge is 0.193 e. The zero-order chi connectivity index (χ0) is 22.9. The molecule has 1 aliphatic rings. The van der Waals surface area contributed by atoms with Gasteiger partial charge in [0.15, 0.2) is 5.78 Å². The predicted octanol–water partition coefficient (Wildman–Crippen LogP) is 5.17. The first kappa shape index (κ1) is 21.2. The first-order valence-electron chi connectivity index (χ1n) is 11.3. The van der Waals surface area contributed by atoms with Crippen molar-refractivity contribution in [2.75, 3.05) is 36.9 Å². The molecule has 1 aromatic heterocycles. The number of ketones is 1. The van der Waals surface area contributed by atoms with Crippen LogP contribution in [0.15, 0.2) is 66.7 Å². The van der Waals surface area contributed by atoms with E-state index in [1.165, 1.54) is 0 Å². The molecule has 0 atom stereocenters. The molecule has 4 aromatic rings. The average molecular weight is 438 g/mol. The maximum Gasteiger partial charge on any atom is 0.193 e. The van der Waals surface area contributed by atoms with Gasteiger partial charge in [-0.05, 0) is 48.7 Å². The Labute approximate surface area is 193 Å². The van der Waals surface area contributed by atoms with Crippen molar-refractivity contribution in [2.24, 2.45) is 0 Å². The maximum atomic E-state index is 13.4. The number of ether oxygens (including phenoxy) is 1. The van der Waals surface area contributed by atoms with Gasteiger partial charge in [0, 0.05) is 29.6 Å². The number of nitrogen functional groups attached to an aromatic ring is 1. The summed E-state index contributed by atoms with van der Waals surface area (Å²) in [6.45, 7) is 7.03. The SMILES string of the molecule is Cc1ccc(C(=O)c2cccc(C)c2-c2ccc3nc(N)c(N4CCOCC4)cc3c2)cc1. The Morgan fingerprint density at radius 3 is 2.48 bits per heavy atom. The van der Waals surface area contributed by atoms with Crippen LogP contribution in [-0.4, -0.2) is 37.1 Å². The Bertz CT molecular complexity index is 1340. The molecule has 5 nitrogen and oxygen atoms in total. The van der Waals surface area contributed by atoms with E-state index in [0.29, 0.717) is 30.2 Å². The summed E-state index contributed by atoms with van der Waals surface area (Å²) >= 11 is 0. The molecule has 0 unspecified atom stereocenters. The number of hydrogen-bond acceptors (Lipinski definition) is 5. The topological polar surface area (TPSA) is 68.5 Å². The van der Waals surface area contributed by atoms with Crippen molar-refractivity contribution in [3.05, 3.63) is 89.0 Å². The molecule has 2 N–H and O–H groups in total. The monoisotopic (exact) mass is 437 g/mol. The van der Waals surface area contributed by atoms with Crippen LogP contribution in [-0.2, 0) is 4.74 Å². The number of anilines is 2. The molecule has 0 amide bonds. The highest BCUT2D eigenvalue weighted by Crippen LogP contribution is 2.34. The fraction of sp³-hybridized carbons (Fsp3) is 0.214. The van der Waals surface area contributed by atoms with Crippen molar-refractivity contribution in [3.63, 3.8) is 0 Å². The Kier molecular flexibility index (Phi) is 5.56. The fourth-order valence-corrected chi connectivity index (χ4v) is 4.49. The molecule has 5 rings (SSSR count). The van der Waals surface area contributed by atoms with Gasteiger partial charge in [0.2, 0.25) is 0 Å². The van der Waals surface area contributed by atoms with E-state index in [1.807, 2.05) is 68.4 Å². The maximum absolute atomic E-state index is 13.4. The van der Waals surface area contributed by atoms with Gasteiger partial charge in [-0.15, -0.1) is 0 Å². The molecule has 1 saturated heterocycles. The van der Waals surface area contributed by atoms with Gasteiger partial charge in [-0.25, -0.2) is 4.98 Å². The highest BCUT2D eigenvalue weighted by molar-refractivity contribution is 6.13. The lowest BCUT2D eigenvalue weighted by Crippen LogP contribution is -2.36. The second-order valence-electron chi connectivity index (χ2n) is 8.59. The highest BCUT2D eigenvalue weighted by Gasteiger charge is 2.19. The van der Waals surface area contributed by atoms with Crippen LogP contribution >= 0.6 is 0 Å². The van der Waals surface area contributed by atoms with E-state index in [0.717, 1.165) is 51.9 Å². The van der Waals surface area contributed by atoms with E-state index in [2.05, 4.69) is 22.0 Å². The number of aromatic nitrogens is 1. The van der Waals surface area contributed by atoms with Gasteiger partial charge >= 0.3 is 0 Å². The van der Waals surface area contributed by atoms with Gasteiger partial charge in [-0.1, -0.05) is 54.1 Å². The molecular weight excluding hydrogens is 410 g/mol. The number of morpholine rings is 1. The zero-order valence-corrected chi connectivity index (χ0v) is 19.0. The Hall–Kier alpha value is -3.70. The van der Waals surface area contributed by atoms with E-state index in [-0.39, 0.29) is 5.78 Å². The van der Waals surface area contributed by atoms with E-state index < -0.39 is 0 Å². The minimum atomic E-state index is 0.0261. The van der Waals surface area contributed by atoms with Gasteiger partial charge in [-0.3, -0.25) is 4.79 Å². The normalized spacial score (nSPS) is 13.9. The Balaban J connectivity index is 1.61. The summed E-state index contributed by atoms with van der Waals surface area (Å²) in [4.78, 5) is 20.3. The summed E-state index contributed by atoms with van der Waals surface area (Å²) in [5, 5.41) is 1.00. The van der Waals surface area contributed by atoms with Crippen molar-refractivity contribution < 1.29 is 9.53 Å².